The quantitative estimate of drug-likeness (QED) is 0.656. The van der Waals surface area contributed by atoms with E-state index in [9.17, 15) is 4.79 Å². The Kier molecular flexibility index (Phi) is 5.45. The van der Waals surface area contributed by atoms with Crippen LogP contribution in [-0.2, 0) is 11.3 Å². The molecule has 1 aliphatic carbocycles. The molecule has 1 fully saturated rings. The van der Waals surface area contributed by atoms with Crippen molar-refractivity contribution in [3.63, 3.8) is 0 Å². The van der Waals surface area contributed by atoms with E-state index in [1.807, 2.05) is 31.2 Å². The molecule has 0 atom stereocenters. The number of nitrogens with one attached hydrogen (secondary N) is 2. The number of amides is 1. The minimum Gasteiger partial charge on any atom is -0.352 e. The Labute approximate surface area is 147 Å². The van der Waals surface area contributed by atoms with Gasteiger partial charge in [0.05, 0.1) is 0 Å². The van der Waals surface area contributed by atoms with Crippen LogP contribution in [0, 0.1) is 11.7 Å². The van der Waals surface area contributed by atoms with Crippen LogP contribution in [0.5, 0.6) is 0 Å². The topological polar surface area (TPSA) is 62.7 Å². The number of aromatic amines is 1. The highest BCUT2D eigenvalue weighted by Crippen LogP contribution is 2.19. The Bertz CT molecular complexity index is 756. The summed E-state index contributed by atoms with van der Waals surface area (Å²) in [5.41, 5.74) is 2.11. The van der Waals surface area contributed by atoms with E-state index in [0.29, 0.717) is 16.6 Å². The zero-order chi connectivity index (χ0) is 16.9. The van der Waals surface area contributed by atoms with E-state index in [2.05, 4.69) is 15.5 Å². The summed E-state index contributed by atoms with van der Waals surface area (Å²) in [7, 11) is 0. The molecule has 1 aromatic carbocycles. The SMILES string of the molecule is Cc1cccc(-c2n[nH]c(=S)n2CC(=O)NC2CCCCCC2)c1. The maximum absolute atomic E-state index is 12.5. The third-order valence-electron chi connectivity index (χ3n) is 4.56. The molecule has 1 saturated carbocycles. The number of hydrogen-bond donors (Lipinski definition) is 2. The zero-order valence-electron chi connectivity index (χ0n) is 14.0. The monoisotopic (exact) mass is 344 g/mol. The molecule has 2 aromatic rings. The first-order chi connectivity index (χ1) is 11.6. The van der Waals surface area contributed by atoms with Gasteiger partial charge in [0.25, 0.3) is 0 Å². The zero-order valence-corrected chi connectivity index (χ0v) is 14.9. The number of rotatable bonds is 4. The average molecular weight is 344 g/mol. The maximum atomic E-state index is 12.5. The first-order valence-electron chi connectivity index (χ1n) is 8.65. The molecule has 0 aliphatic heterocycles. The number of carbonyl (C=O) groups excluding carboxylic acids is 1. The van der Waals surface area contributed by atoms with Gasteiger partial charge in [-0.05, 0) is 38.0 Å². The van der Waals surface area contributed by atoms with Gasteiger partial charge in [0, 0.05) is 11.6 Å². The standard InChI is InChI=1S/C18H24N4OS/c1-13-7-6-8-14(11-13)17-20-21-18(24)22(17)12-16(23)19-15-9-4-2-3-5-10-15/h6-8,11,15H,2-5,9-10,12H2,1H3,(H,19,23)(H,21,24). The van der Waals surface area contributed by atoms with Crippen LogP contribution in [-0.4, -0.2) is 26.7 Å². The Morgan fingerprint density at radius 3 is 2.79 bits per heavy atom. The predicted molar refractivity (Wildman–Crippen MR) is 97.2 cm³/mol. The number of H-pyrrole nitrogens is 1. The van der Waals surface area contributed by atoms with Crippen molar-refractivity contribution in [3.05, 3.63) is 34.6 Å². The third kappa shape index (κ3) is 4.12. The number of hydrogen-bond acceptors (Lipinski definition) is 3. The third-order valence-corrected chi connectivity index (χ3v) is 4.87. The lowest BCUT2D eigenvalue weighted by molar-refractivity contribution is -0.122. The summed E-state index contributed by atoms with van der Waals surface area (Å²) in [6.07, 6.45) is 7.10. The Hall–Kier alpha value is -1.95. The molecule has 0 unspecified atom stereocenters. The highest BCUT2D eigenvalue weighted by Gasteiger charge is 2.17. The van der Waals surface area contributed by atoms with Crippen LogP contribution in [0.4, 0.5) is 0 Å². The van der Waals surface area contributed by atoms with Crippen molar-refractivity contribution in [2.45, 2.75) is 58.0 Å². The lowest BCUT2D eigenvalue weighted by atomic mass is 10.1. The fourth-order valence-corrected chi connectivity index (χ4v) is 3.51. The first kappa shape index (κ1) is 16.9. The largest absolute Gasteiger partial charge is 0.352 e. The molecule has 1 aromatic heterocycles. The van der Waals surface area contributed by atoms with E-state index in [-0.39, 0.29) is 12.5 Å². The molecule has 0 radical (unpaired) electrons. The van der Waals surface area contributed by atoms with Crippen LogP contribution < -0.4 is 5.32 Å². The molecule has 6 heteroatoms. The van der Waals surface area contributed by atoms with Crippen LogP contribution in [0.3, 0.4) is 0 Å². The lowest BCUT2D eigenvalue weighted by Gasteiger charge is -2.16. The van der Waals surface area contributed by atoms with Crippen molar-refractivity contribution >= 4 is 18.1 Å². The highest BCUT2D eigenvalue weighted by atomic mass is 32.1. The van der Waals surface area contributed by atoms with Gasteiger partial charge in [-0.3, -0.25) is 14.5 Å². The number of benzene rings is 1. The molecule has 24 heavy (non-hydrogen) atoms. The molecule has 1 heterocycles. The van der Waals surface area contributed by atoms with Crippen molar-refractivity contribution in [1.29, 1.82) is 0 Å². The van der Waals surface area contributed by atoms with Gasteiger partial charge in [0.1, 0.15) is 6.54 Å². The first-order valence-corrected chi connectivity index (χ1v) is 9.06. The molecule has 2 N–H and O–H groups in total. The van der Waals surface area contributed by atoms with Gasteiger partial charge in [-0.25, -0.2) is 0 Å². The van der Waals surface area contributed by atoms with Crippen molar-refractivity contribution in [3.8, 4) is 11.4 Å². The minimum absolute atomic E-state index is 0.00769. The number of aryl methyl sites for hydroxylation is 1. The Morgan fingerprint density at radius 2 is 2.08 bits per heavy atom. The van der Waals surface area contributed by atoms with E-state index < -0.39 is 0 Å². The van der Waals surface area contributed by atoms with Crippen LogP contribution in [0.25, 0.3) is 11.4 Å². The summed E-state index contributed by atoms with van der Waals surface area (Å²) >= 11 is 5.32. The molecule has 5 nitrogen and oxygen atoms in total. The molecule has 128 valence electrons. The van der Waals surface area contributed by atoms with Crippen molar-refractivity contribution in [1.82, 2.24) is 20.1 Å². The number of aromatic nitrogens is 3. The summed E-state index contributed by atoms with van der Waals surface area (Å²) in [6.45, 7) is 2.24. The molecular weight excluding hydrogens is 320 g/mol. The maximum Gasteiger partial charge on any atom is 0.240 e. The molecule has 1 amide bonds. The average Bonchev–Trinajstić information content (AvgIpc) is 2.75. The van der Waals surface area contributed by atoms with Crippen LogP contribution in [0.1, 0.15) is 44.1 Å². The van der Waals surface area contributed by atoms with Crippen molar-refractivity contribution < 1.29 is 4.79 Å². The van der Waals surface area contributed by atoms with Gasteiger partial charge in [0.15, 0.2) is 10.6 Å². The van der Waals surface area contributed by atoms with Crippen LogP contribution >= 0.6 is 12.2 Å². The summed E-state index contributed by atoms with van der Waals surface area (Å²) in [4.78, 5) is 12.5. The summed E-state index contributed by atoms with van der Waals surface area (Å²) in [5.74, 6) is 0.716. The fourth-order valence-electron chi connectivity index (χ4n) is 3.31. The van der Waals surface area contributed by atoms with E-state index in [0.717, 1.165) is 24.0 Å². The smallest absolute Gasteiger partial charge is 0.240 e. The second-order valence-corrected chi connectivity index (χ2v) is 6.95. The molecule has 3 rings (SSSR count). The van der Waals surface area contributed by atoms with E-state index in [4.69, 9.17) is 12.2 Å². The van der Waals surface area contributed by atoms with Crippen LogP contribution in [0.15, 0.2) is 24.3 Å². The highest BCUT2D eigenvalue weighted by molar-refractivity contribution is 7.71. The summed E-state index contributed by atoms with van der Waals surface area (Å²) in [6, 6.07) is 8.35. The Balaban J connectivity index is 1.74. The summed E-state index contributed by atoms with van der Waals surface area (Å²) in [5, 5.41) is 10.3. The van der Waals surface area contributed by atoms with Gasteiger partial charge >= 0.3 is 0 Å². The van der Waals surface area contributed by atoms with Gasteiger partial charge in [-0.1, -0.05) is 49.4 Å². The summed E-state index contributed by atoms with van der Waals surface area (Å²) < 4.78 is 2.25. The number of carbonyl (C=O) groups is 1. The van der Waals surface area contributed by atoms with Gasteiger partial charge < -0.3 is 5.32 Å². The molecule has 0 bridgehead atoms. The predicted octanol–water partition coefficient (Wildman–Crippen LogP) is 3.76. The molecule has 0 saturated heterocycles. The van der Waals surface area contributed by atoms with E-state index in [1.165, 1.54) is 25.7 Å². The van der Waals surface area contributed by atoms with Gasteiger partial charge in [-0.15, -0.1) is 0 Å². The second kappa shape index (κ2) is 7.75. The Morgan fingerprint density at radius 1 is 1.33 bits per heavy atom. The van der Waals surface area contributed by atoms with Gasteiger partial charge in [-0.2, -0.15) is 5.10 Å². The molecular formula is C18H24N4OS. The van der Waals surface area contributed by atoms with Crippen LogP contribution in [0.2, 0.25) is 0 Å². The second-order valence-electron chi connectivity index (χ2n) is 6.56. The molecule has 1 aliphatic rings. The van der Waals surface area contributed by atoms with E-state index in [1.54, 1.807) is 4.57 Å². The fraction of sp³-hybridized carbons (Fsp3) is 0.500. The van der Waals surface area contributed by atoms with Crippen molar-refractivity contribution in [2.24, 2.45) is 0 Å². The van der Waals surface area contributed by atoms with Crippen molar-refractivity contribution in [2.75, 3.05) is 0 Å². The normalized spacial score (nSPS) is 15.9. The van der Waals surface area contributed by atoms with Gasteiger partial charge in [0.2, 0.25) is 5.91 Å². The number of nitrogens with zero attached hydrogens (tertiary/aromatic N) is 2. The minimum atomic E-state index is 0.00769. The lowest BCUT2D eigenvalue weighted by Crippen LogP contribution is -2.36. The van der Waals surface area contributed by atoms with E-state index >= 15 is 0 Å². The molecule has 0 spiro atoms.